The molecule has 1 aromatic heterocycles. The van der Waals surface area contributed by atoms with Crippen LogP contribution in [0.4, 0.5) is 23.2 Å². The van der Waals surface area contributed by atoms with Crippen LogP contribution in [-0.4, -0.2) is 41.4 Å². The Morgan fingerprint density at radius 2 is 1.82 bits per heavy atom. The van der Waals surface area contributed by atoms with Crippen molar-refractivity contribution in [2.24, 2.45) is 0 Å². The van der Waals surface area contributed by atoms with Crippen LogP contribution in [0.1, 0.15) is 43.6 Å². The van der Waals surface area contributed by atoms with Crippen molar-refractivity contribution in [3.05, 3.63) is 101 Å². The van der Waals surface area contributed by atoms with Gasteiger partial charge >= 0.3 is 6.18 Å². The van der Waals surface area contributed by atoms with Crippen molar-refractivity contribution in [1.29, 1.82) is 0 Å². The molecule has 0 spiro atoms. The molecular formula is C27H20F4N4O3. The lowest BCUT2D eigenvalue weighted by atomic mass is 10.0. The first-order chi connectivity index (χ1) is 18.2. The number of benzene rings is 3. The Labute approximate surface area is 213 Å². The maximum atomic E-state index is 14.4. The molecule has 1 fully saturated rings. The van der Waals surface area contributed by atoms with Crippen LogP contribution in [-0.2, 0) is 10.9 Å². The van der Waals surface area contributed by atoms with Crippen molar-refractivity contribution in [2.45, 2.75) is 12.2 Å². The largest absolute Gasteiger partial charge is 0.416 e. The molecule has 0 bridgehead atoms. The fraction of sp³-hybridized carbons (Fsp3) is 0.185. The van der Waals surface area contributed by atoms with Gasteiger partial charge in [-0.1, -0.05) is 6.07 Å². The zero-order valence-corrected chi connectivity index (χ0v) is 19.7. The highest BCUT2D eigenvalue weighted by Crippen LogP contribution is 2.30. The number of morpholine rings is 1. The quantitative estimate of drug-likeness (QED) is 0.284. The molecule has 2 heterocycles. The summed E-state index contributed by atoms with van der Waals surface area (Å²) >= 11 is 0. The van der Waals surface area contributed by atoms with Crippen LogP contribution < -0.4 is 10.6 Å². The summed E-state index contributed by atoms with van der Waals surface area (Å²) < 4.78 is 58.8. The van der Waals surface area contributed by atoms with Crippen molar-refractivity contribution < 1.29 is 31.9 Å². The van der Waals surface area contributed by atoms with Gasteiger partial charge in [-0.2, -0.15) is 13.2 Å². The van der Waals surface area contributed by atoms with Crippen LogP contribution in [0, 0.1) is 5.82 Å². The molecule has 0 radical (unpaired) electrons. The predicted octanol–water partition coefficient (Wildman–Crippen LogP) is 4.93. The van der Waals surface area contributed by atoms with E-state index in [1.165, 1.54) is 18.2 Å². The van der Waals surface area contributed by atoms with Gasteiger partial charge in [-0.15, -0.1) is 0 Å². The van der Waals surface area contributed by atoms with E-state index >= 15 is 0 Å². The van der Waals surface area contributed by atoms with Gasteiger partial charge in [-0.05, 0) is 54.6 Å². The number of ether oxygens (including phenoxy) is 1. The summed E-state index contributed by atoms with van der Waals surface area (Å²) in [6, 6.07) is 11.7. The van der Waals surface area contributed by atoms with Gasteiger partial charge in [0, 0.05) is 28.9 Å². The molecule has 38 heavy (non-hydrogen) atoms. The maximum absolute atomic E-state index is 14.4. The number of aromatic nitrogens is 2. The summed E-state index contributed by atoms with van der Waals surface area (Å²) in [6.45, 7) is 1.80. The second kappa shape index (κ2) is 10.3. The predicted molar refractivity (Wildman–Crippen MR) is 130 cm³/mol. The van der Waals surface area contributed by atoms with E-state index in [0.717, 1.165) is 24.3 Å². The van der Waals surface area contributed by atoms with E-state index in [-0.39, 0.29) is 28.4 Å². The highest BCUT2D eigenvalue weighted by Gasteiger charge is 2.31. The topological polar surface area (TPSA) is 93.2 Å². The first kappa shape index (κ1) is 25.4. The highest BCUT2D eigenvalue weighted by atomic mass is 19.4. The maximum Gasteiger partial charge on any atom is 0.416 e. The first-order valence-corrected chi connectivity index (χ1v) is 11.6. The van der Waals surface area contributed by atoms with Crippen LogP contribution >= 0.6 is 0 Å². The number of anilines is 1. The standard InChI is InChI=1S/C27H20F4N4O3/c28-19-9-17(10-20(12-19)34-26(37)16-2-1-3-18(8-16)27(29,30)31)25(36)15-4-5-21-22(11-15)33-13-23(35-21)24-14-38-7-6-32-24/h1-5,8-13,24,32H,6-7,14H2,(H,34,37). The monoisotopic (exact) mass is 524 g/mol. The third kappa shape index (κ3) is 5.53. The zero-order valence-electron chi connectivity index (χ0n) is 19.7. The Balaban J connectivity index is 1.37. The zero-order chi connectivity index (χ0) is 26.9. The summed E-state index contributed by atoms with van der Waals surface area (Å²) in [5.41, 5.74) is 0.571. The number of ketones is 1. The second-order valence-electron chi connectivity index (χ2n) is 8.67. The molecular weight excluding hydrogens is 504 g/mol. The number of alkyl halides is 3. The van der Waals surface area contributed by atoms with Crippen molar-refractivity contribution >= 4 is 28.4 Å². The van der Waals surface area contributed by atoms with E-state index in [1.807, 2.05) is 0 Å². The normalized spacial score (nSPS) is 15.8. The van der Waals surface area contributed by atoms with E-state index in [2.05, 4.69) is 20.6 Å². The van der Waals surface area contributed by atoms with Gasteiger partial charge in [0.1, 0.15) is 5.82 Å². The number of hydrogen-bond donors (Lipinski definition) is 2. The van der Waals surface area contributed by atoms with Gasteiger partial charge in [0.25, 0.3) is 5.91 Å². The molecule has 5 rings (SSSR count). The van der Waals surface area contributed by atoms with Crippen LogP contribution in [0.3, 0.4) is 0 Å². The smallest absolute Gasteiger partial charge is 0.378 e. The van der Waals surface area contributed by atoms with Gasteiger partial charge in [-0.3, -0.25) is 14.6 Å². The number of nitrogens with zero attached hydrogens (tertiary/aromatic N) is 2. The third-order valence-electron chi connectivity index (χ3n) is 5.97. The summed E-state index contributed by atoms with van der Waals surface area (Å²) in [7, 11) is 0. The lowest BCUT2D eigenvalue weighted by molar-refractivity contribution is -0.137. The molecule has 0 saturated carbocycles. The average Bonchev–Trinajstić information content (AvgIpc) is 2.92. The summed E-state index contributed by atoms with van der Waals surface area (Å²) in [6.07, 6.45) is -3.02. The van der Waals surface area contributed by atoms with Gasteiger partial charge in [0.2, 0.25) is 0 Å². The lowest BCUT2D eigenvalue weighted by Gasteiger charge is -2.23. The molecule has 3 aromatic carbocycles. The van der Waals surface area contributed by atoms with Crippen LogP contribution in [0.2, 0.25) is 0 Å². The van der Waals surface area contributed by atoms with Crippen molar-refractivity contribution in [1.82, 2.24) is 15.3 Å². The van der Waals surface area contributed by atoms with Gasteiger partial charge in [0.15, 0.2) is 5.78 Å². The number of nitrogens with one attached hydrogen (secondary N) is 2. The van der Waals surface area contributed by atoms with Crippen molar-refractivity contribution in [2.75, 3.05) is 25.1 Å². The van der Waals surface area contributed by atoms with Crippen molar-refractivity contribution in [3.8, 4) is 0 Å². The fourth-order valence-corrected chi connectivity index (χ4v) is 4.09. The van der Waals surface area contributed by atoms with E-state index in [9.17, 15) is 27.2 Å². The van der Waals surface area contributed by atoms with Crippen LogP contribution in [0.15, 0.2) is 66.9 Å². The van der Waals surface area contributed by atoms with E-state index < -0.39 is 29.2 Å². The van der Waals surface area contributed by atoms with Gasteiger partial charge in [0.05, 0.1) is 47.7 Å². The molecule has 4 aromatic rings. The summed E-state index contributed by atoms with van der Waals surface area (Å²) in [5, 5.41) is 5.65. The number of fused-ring (bicyclic) bond motifs is 1. The number of hydrogen-bond acceptors (Lipinski definition) is 6. The Morgan fingerprint density at radius 1 is 0.974 bits per heavy atom. The number of halogens is 4. The highest BCUT2D eigenvalue weighted by molar-refractivity contribution is 6.11. The molecule has 0 aliphatic carbocycles. The fourth-order valence-electron chi connectivity index (χ4n) is 4.09. The lowest BCUT2D eigenvalue weighted by Crippen LogP contribution is -2.35. The molecule has 1 aliphatic rings. The van der Waals surface area contributed by atoms with Crippen LogP contribution in [0.5, 0.6) is 0 Å². The SMILES string of the molecule is O=C(Nc1cc(F)cc(C(=O)c2ccc3nc(C4COCCN4)cnc3c2)c1)c1cccc(C(F)(F)F)c1. The van der Waals surface area contributed by atoms with Gasteiger partial charge in [-0.25, -0.2) is 9.37 Å². The number of carbonyl (C=O) groups excluding carboxylic acids is 2. The number of rotatable bonds is 5. The molecule has 194 valence electrons. The molecule has 2 N–H and O–H groups in total. The Morgan fingerprint density at radius 3 is 2.58 bits per heavy atom. The minimum Gasteiger partial charge on any atom is -0.378 e. The second-order valence-corrected chi connectivity index (χ2v) is 8.67. The molecule has 11 heteroatoms. The van der Waals surface area contributed by atoms with E-state index in [4.69, 9.17) is 4.74 Å². The Kier molecular flexibility index (Phi) is 6.87. The Hall–Kier alpha value is -4.22. The number of amides is 1. The molecule has 1 aliphatic heterocycles. The molecule has 1 saturated heterocycles. The molecule has 1 atom stereocenters. The van der Waals surface area contributed by atoms with Crippen LogP contribution in [0.25, 0.3) is 11.0 Å². The molecule has 1 amide bonds. The molecule has 7 nitrogen and oxygen atoms in total. The van der Waals surface area contributed by atoms with E-state index in [1.54, 1.807) is 18.3 Å². The summed E-state index contributed by atoms with van der Waals surface area (Å²) in [5.74, 6) is -2.22. The van der Waals surface area contributed by atoms with E-state index in [0.29, 0.717) is 42.6 Å². The Bertz CT molecular complexity index is 1530. The summed E-state index contributed by atoms with van der Waals surface area (Å²) in [4.78, 5) is 34.7. The van der Waals surface area contributed by atoms with Gasteiger partial charge < -0.3 is 15.4 Å². The first-order valence-electron chi connectivity index (χ1n) is 11.6. The minimum absolute atomic E-state index is 0.0585. The number of carbonyl (C=O) groups is 2. The molecule has 1 unspecified atom stereocenters. The third-order valence-corrected chi connectivity index (χ3v) is 5.97. The average molecular weight is 524 g/mol. The minimum atomic E-state index is -4.62. The van der Waals surface area contributed by atoms with Crippen molar-refractivity contribution in [3.63, 3.8) is 0 Å².